The number of carbonyl (C=O) groups is 1. The molecule has 1 N–H and O–H groups in total. The number of esters is 1. The van der Waals surface area contributed by atoms with Crippen LogP contribution >= 0.6 is 0 Å². The fraction of sp³-hybridized carbons (Fsp3) is 0.290. The molecule has 0 aliphatic rings. The minimum Gasteiger partial charge on any atom is -0.507 e. The van der Waals surface area contributed by atoms with Gasteiger partial charge in [-0.3, -0.25) is 0 Å². The van der Waals surface area contributed by atoms with Crippen LogP contribution in [0.2, 0.25) is 0 Å². The van der Waals surface area contributed by atoms with Gasteiger partial charge in [0.1, 0.15) is 17.8 Å². The van der Waals surface area contributed by atoms with E-state index in [1.54, 1.807) is 12.1 Å². The molecule has 0 aliphatic heterocycles. The van der Waals surface area contributed by atoms with Gasteiger partial charge in [-0.1, -0.05) is 93.6 Å². The molecule has 196 valence electrons. The van der Waals surface area contributed by atoms with Gasteiger partial charge in [-0.05, 0) is 29.7 Å². The summed E-state index contributed by atoms with van der Waals surface area (Å²) in [5, 5.41) is 10.6. The fourth-order valence-electron chi connectivity index (χ4n) is 4.05. The lowest BCUT2D eigenvalue weighted by Gasteiger charge is -2.10. The zero-order valence-corrected chi connectivity index (χ0v) is 21.7. The molecule has 4 rings (SSSR count). The Hall–Kier alpha value is -4.26. The predicted octanol–water partition coefficient (Wildman–Crippen LogP) is 6.86. The number of benzene rings is 3. The van der Waals surface area contributed by atoms with Crippen LogP contribution in [0.15, 0.2) is 79.1 Å². The van der Waals surface area contributed by atoms with Crippen LogP contribution in [-0.4, -0.2) is 39.2 Å². The van der Waals surface area contributed by atoms with Gasteiger partial charge in [-0.15, -0.1) is 0 Å². The first-order chi connectivity index (χ1) is 18.6. The topological polar surface area (TPSA) is 94.4 Å². The normalized spacial score (nSPS) is 10.8. The van der Waals surface area contributed by atoms with Crippen LogP contribution < -0.4 is 4.74 Å². The maximum absolute atomic E-state index is 12.0. The summed E-state index contributed by atoms with van der Waals surface area (Å²) in [5.41, 5.74) is 3.51. The van der Waals surface area contributed by atoms with E-state index in [0.717, 1.165) is 36.0 Å². The molecule has 0 aliphatic carbocycles. The average Bonchev–Trinajstić information content (AvgIpc) is 2.96. The van der Waals surface area contributed by atoms with Gasteiger partial charge in [0.25, 0.3) is 0 Å². The second kappa shape index (κ2) is 13.9. The van der Waals surface area contributed by atoms with Crippen molar-refractivity contribution in [3.63, 3.8) is 0 Å². The minimum absolute atomic E-state index is 0.0560. The van der Waals surface area contributed by atoms with Gasteiger partial charge in [0.2, 0.25) is 0 Å². The molecule has 0 amide bonds. The van der Waals surface area contributed by atoms with Crippen LogP contribution in [0.25, 0.3) is 33.9 Å². The first-order valence-corrected chi connectivity index (χ1v) is 13.1. The molecule has 1 heterocycles. The van der Waals surface area contributed by atoms with E-state index in [1.165, 1.54) is 31.7 Å². The Morgan fingerprint density at radius 2 is 1.47 bits per heavy atom. The Bertz CT molecular complexity index is 1310. The van der Waals surface area contributed by atoms with Crippen molar-refractivity contribution in [3.05, 3.63) is 79.1 Å². The molecule has 38 heavy (non-hydrogen) atoms. The van der Waals surface area contributed by atoms with E-state index >= 15 is 0 Å². The van der Waals surface area contributed by atoms with Gasteiger partial charge in [-0.25, -0.2) is 19.7 Å². The number of aromatic hydroxyl groups is 1. The number of unbranched alkanes of at least 4 members (excludes halogenated alkanes) is 5. The second-order valence-electron chi connectivity index (χ2n) is 9.03. The molecule has 0 atom stereocenters. The van der Waals surface area contributed by atoms with Crippen LogP contribution in [0, 0.1) is 0 Å². The summed E-state index contributed by atoms with van der Waals surface area (Å²) in [6.07, 6.45) is 8.18. The summed E-state index contributed by atoms with van der Waals surface area (Å²) in [7, 11) is 0. The number of ether oxygens (including phenoxy) is 2. The van der Waals surface area contributed by atoms with Crippen molar-refractivity contribution in [1.82, 2.24) is 15.0 Å². The lowest BCUT2D eigenvalue weighted by molar-refractivity contribution is -0.146. The Kier molecular flexibility index (Phi) is 9.79. The Morgan fingerprint density at radius 3 is 2.24 bits per heavy atom. The number of hydrogen-bond acceptors (Lipinski definition) is 7. The third-order valence-electron chi connectivity index (χ3n) is 6.15. The smallest absolute Gasteiger partial charge is 0.344 e. The van der Waals surface area contributed by atoms with Crippen molar-refractivity contribution >= 4 is 5.97 Å². The number of hydrogen-bond donors (Lipinski definition) is 1. The summed E-state index contributed by atoms with van der Waals surface area (Å²) >= 11 is 0. The molecule has 0 unspecified atom stereocenters. The van der Waals surface area contributed by atoms with Crippen LogP contribution in [0.1, 0.15) is 45.4 Å². The molecular weight excluding hydrogens is 478 g/mol. The summed E-state index contributed by atoms with van der Waals surface area (Å²) in [5.74, 6) is 0.711. The summed E-state index contributed by atoms with van der Waals surface area (Å²) in [4.78, 5) is 25.0. The number of phenolic OH excluding ortho intramolecular Hbond substituents is 1. The van der Waals surface area contributed by atoms with Gasteiger partial charge in [0.15, 0.2) is 18.3 Å². The average molecular weight is 512 g/mol. The third kappa shape index (κ3) is 7.62. The highest BCUT2D eigenvalue weighted by Gasteiger charge is 2.13. The van der Waals surface area contributed by atoms with Crippen LogP contribution in [-0.2, 0) is 9.53 Å². The number of rotatable bonds is 13. The molecule has 3 aromatic carbocycles. The van der Waals surface area contributed by atoms with Crippen molar-refractivity contribution < 1.29 is 19.4 Å². The van der Waals surface area contributed by atoms with Gasteiger partial charge < -0.3 is 14.6 Å². The molecule has 1 aromatic heterocycles. The fourth-order valence-corrected chi connectivity index (χ4v) is 4.05. The number of nitrogens with zero attached hydrogens (tertiary/aromatic N) is 3. The minimum atomic E-state index is -0.428. The Balaban J connectivity index is 1.33. The van der Waals surface area contributed by atoms with Crippen molar-refractivity contribution in [1.29, 1.82) is 0 Å². The second-order valence-corrected chi connectivity index (χ2v) is 9.03. The van der Waals surface area contributed by atoms with Gasteiger partial charge in [0, 0.05) is 11.6 Å². The SMILES string of the molecule is CCCCCCCCOC(=O)COc1ccc(-c2ncnc(-c3ccc(-c4ccccc4)cc3)n2)c(O)c1. The zero-order valence-electron chi connectivity index (χ0n) is 21.7. The van der Waals surface area contributed by atoms with Gasteiger partial charge in [0.05, 0.1) is 12.2 Å². The van der Waals surface area contributed by atoms with Crippen molar-refractivity contribution in [2.24, 2.45) is 0 Å². The predicted molar refractivity (Wildman–Crippen MR) is 148 cm³/mol. The quantitative estimate of drug-likeness (QED) is 0.155. The lowest BCUT2D eigenvalue weighted by atomic mass is 10.0. The van der Waals surface area contributed by atoms with Gasteiger partial charge >= 0.3 is 5.97 Å². The van der Waals surface area contributed by atoms with Crippen molar-refractivity contribution in [2.75, 3.05) is 13.2 Å². The zero-order chi connectivity index (χ0) is 26.6. The molecule has 0 spiro atoms. The monoisotopic (exact) mass is 511 g/mol. The number of aromatic nitrogens is 3. The van der Waals surface area contributed by atoms with E-state index in [-0.39, 0.29) is 12.4 Å². The highest BCUT2D eigenvalue weighted by Crippen LogP contribution is 2.31. The standard InChI is InChI=1S/C31H33N3O4/c1-2-3-4-5-6-10-19-37-29(36)21-38-26-17-18-27(28(35)20-26)31-33-22-32-30(34-31)25-15-13-24(14-16-25)23-11-8-7-9-12-23/h7-9,11-18,20,22,35H,2-6,10,19,21H2,1H3. The molecule has 7 nitrogen and oxygen atoms in total. The van der Waals surface area contributed by atoms with E-state index in [2.05, 4.69) is 34.0 Å². The molecule has 0 saturated heterocycles. The van der Waals surface area contributed by atoms with E-state index < -0.39 is 5.97 Å². The maximum Gasteiger partial charge on any atom is 0.344 e. The van der Waals surface area contributed by atoms with Crippen LogP contribution in [0.3, 0.4) is 0 Å². The van der Waals surface area contributed by atoms with E-state index in [0.29, 0.717) is 29.6 Å². The first kappa shape index (κ1) is 26.8. The summed E-state index contributed by atoms with van der Waals surface area (Å²) < 4.78 is 10.7. The lowest BCUT2D eigenvalue weighted by Crippen LogP contribution is -2.15. The van der Waals surface area contributed by atoms with Crippen molar-refractivity contribution in [3.8, 4) is 45.4 Å². The number of phenols is 1. The van der Waals surface area contributed by atoms with Crippen molar-refractivity contribution in [2.45, 2.75) is 45.4 Å². The summed E-state index contributed by atoms with van der Waals surface area (Å²) in [6, 6.07) is 22.9. The molecule has 0 saturated carbocycles. The molecular formula is C31H33N3O4. The van der Waals surface area contributed by atoms with Gasteiger partial charge in [-0.2, -0.15) is 0 Å². The first-order valence-electron chi connectivity index (χ1n) is 13.1. The third-order valence-corrected chi connectivity index (χ3v) is 6.15. The molecule has 0 fully saturated rings. The summed E-state index contributed by atoms with van der Waals surface area (Å²) in [6.45, 7) is 2.36. The molecule has 4 aromatic rings. The van der Waals surface area contributed by atoms with Crippen LogP contribution in [0.4, 0.5) is 0 Å². The van der Waals surface area contributed by atoms with Crippen LogP contribution in [0.5, 0.6) is 11.5 Å². The molecule has 7 heteroatoms. The van der Waals surface area contributed by atoms with E-state index in [4.69, 9.17) is 9.47 Å². The highest BCUT2D eigenvalue weighted by atomic mass is 16.6. The highest BCUT2D eigenvalue weighted by molar-refractivity contribution is 5.72. The van der Waals surface area contributed by atoms with E-state index in [1.807, 2.05) is 42.5 Å². The van der Waals surface area contributed by atoms with E-state index in [9.17, 15) is 9.90 Å². The number of carbonyl (C=O) groups excluding carboxylic acids is 1. The Labute approximate surface area is 223 Å². The maximum atomic E-state index is 12.0. The molecule has 0 radical (unpaired) electrons. The largest absolute Gasteiger partial charge is 0.507 e. The molecule has 0 bridgehead atoms. The Morgan fingerprint density at radius 1 is 0.789 bits per heavy atom.